The normalized spacial score (nSPS) is 11.2. The van der Waals surface area contributed by atoms with E-state index in [1.54, 1.807) is 18.2 Å². The minimum Gasteiger partial charge on any atom is -0.469 e. The number of methoxy groups -OCH3 is 1. The molecule has 28 heavy (non-hydrogen) atoms. The summed E-state index contributed by atoms with van der Waals surface area (Å²) >= 11 is 1.39. The van der Waals surface area contributed by atoms with Gasteiger partial charge < -0.3 is 4.74 Å². The number of thioether (sulfide) groups is 1. The highest BCUT2D eigenvalue weighted by atomic mass is 32.2. The summed E-state index contributed by atoms with van der Waals surface area (Å²) < 4.78 is 21.5. The fourth-order valence-electron chi connectivity index (χ4n) is 2.63. The van der Waals surface area contributed by atoms with Crippen LogP contribution in [-0.4, -0.2) is 53.4 Å². The highest BCUT2D eigenvalue weighted by Crippen LogP contribution is 2.23. The van der Waals surface area contributed by atoms with Gasteiger partial charge in [0.05, 0.1) is 19.2 Å². The van der Waals surface area contributed by atoms with Gasteiger partial charge in [0.25, 0.3) is 5.78 Å². The lowest BCUT2D eigenvalue weighted by atomic mass is 10.3. The summed E-state index contributed by atoms with van der Waals surface area (Å²) in [6.45, 7) is 3.68. The van der Waals surface area contributed by atoms with Gasteiger partial charge in [-0.1, -0.05) is 23.9 Å². The van der Waals surface area contributed by atoms with Crippen LogP contribution in [0.4, 0.5) is 4.39 Å². The molecule has 4 rings (SSSR count). The maximum atomic E-state index is 13.8. The molecule has 3 heterocycles. The predicted octanol–water partition coefficient (Wildman–Crippen LogP) is 1.99. The van der Waals surface area contributed by atoms with E-state index in [-0.39, 0.29) is 12.2 Å². The molecule has 0 radical (unpaired) electrons. The van der Waals surface area contributed by atoms with E-state index < -0.39 is 11.8 Å². The third kappa shape index (κ3) is 3.20. The van der Waals surface area contributed by atoms with Crippen LogP contribution in [0.25, 0.3) is 22.6 Å². The van der Waals surface area contributed by atoms with Gasteiger partial charge in [0.2, 0.25) is 5.16 Å². The van der Waals surface area contributed by atoms with E-state index in [0.717, 1.165) is 0 Å². The monoisotopic (exact) mass is 399 g/mol. The fourth-order valence-corrected chi connectivity index (χ4v) is 3.19. The zero-order valence-corrected chi connectivity index (χ0v) is 15.6. The summed E-state index contributed by atoms with van der Waals surface area (Å²) in [7, 11) is 1.29. The summed E-state index contributed by atoms with van der Waals surface area (Å²) in [6.07, 6.45) is 1.63. The van der Waals surface area contributed by atoms with Gasteiger partial charge in [-0.25, -0.2) is 9.07 Å². The van der Waals surface area contributed by atoms with E-state index in [1.807, 2.05) is 0 Å². The SMILES string of the molecule is C=CCSc1nc2nnc3c(CC(=O)OC)nn(-c4cccc(F)c4)c3n2n1. The van der Waals surface area contributed by atoms with Crippen molar-refractivity contribution in [3.8, 4) is 5.69 Å². The Morgan fingerprint density at radius 3 is 2.96 bits per heavy atom. The topological polar surface area (TPSA) is 100 Å². The summed E-state index contributed by atoms with van der Waals surface area (Å²) in [4.78, 5) is 16.1. The van der Waals surface area contributed by atoms with Crippen molar-refractivity contribution in [2.75, 3.05) is 12.9 Å². The largest absolute Gasteiger partial charge is 0.469 e. The number of carbonyl (C=O) groups excluding carboxylic acids is 1. The van der Waals surface area contributed by atoms with Crippen molar-refractivity contribution in [3.63, 3.8) is 0 Å². The maximum Gasteiger partial charge on any atom is 0.311 e. The Hall–Kier alpha value is -3.34. The molecule has 0 aliphatic carbocycles. The van der Waals surface area contributed by atoms with Crippen molar-refractivity contribution in [1.29, 1.82) is 0 Å². The third-order valence-electron chi connectivity index (χ3n) is 3.84. The molecule has 3 aromatic heterocycles. The molecule has 0 saturated heterocycles. The fraction of sp³-hybridized carbons (Fsp3) is 0.176. The third-order valence-corrected chi connectivity index (χ3v) is 4.67. The van der Waals surface area contributed by atoms with Crippen molar-refractivity contribution >= 4 is 34.7 Å². The van der Waals surface area contributed by atoms with E-state index in [2.05, 4.69) is 32.0 Å². The van der Waals surface area contributed by atoms with Crippen molar-refractivity contribution in [3.05, 3.63) is 48.4 Å². The van der Waals surface area contributed by atoms with Crippen LogP contribution in [0.3, 0.4) is 0 Å². The number of rotatable bonds is 6. The average Bonchev–Trinajstić information content (AvgIpc) is 3.27. The van der Waals surface area contributed by atoms with Crippen LogP contribution >= 0.6 is 11.8 Å². The van der Waals surface area contributed by atoms with Gasteiger partial charge in [-0.3, -0.25) is 4.79 Å². The van der Waals surface area contributed by atoms with E-state index in [9.17, 15) is 9.18 Å². The Morgan fingerprint density at radius 2 is 2.21 bits per heavy atom. The van der Waals surface area contributed by atoms with Gasteiger partial charge in [0.1, 0.15) is 11.5 Å². The first kappa shape index (κ1) is 18.0. The smallest absolute Gasteiger partial charge is 0.311 e. The first-order valence-corrected chi connectivity index (χ1v) is 9.16. The van der Waals surface area contributed by atoms with Crippen LogP contribution in [0, 0.1) is 5.82 Å². The Bertz CT molecular complexity index is 1200. The molecule has 0 spiro atoms. The zero-order chi connectivity index (χ0) is 19.7. The Balaban J connectivity index is 1.98. The number of esters is 1. The minimum atomic E-state index is -0.478. The molecule has 0 unspecified atom stereocenters. The Labute approximate surface area is 162 Å². The van der Waals surface area contributed by atoms with Crippen LogP contribution in [0.1, 0.15) is 5.69 Å². The first-order valence-electron chi connectivity index (χ1n) is 8.18. The number of fused-ring (bicyclic) bond motifs is 3. The molecular weight excluding hydrogens is 385 g/mol. The molecule has 0 fully saturated rings. The number of benzene rings is 1. The number of halogens is 1. The molecule has 0 amide bonds. The van der Waals surface area contributed by atoms with E-state index >= 15 is 0 Å². The van der Waals surface area contributed by atoms with Crippen LogP contribution in [0.2, 0.25) is 0 Å². The number of aromatic nitrogens is 7. The molecule has 4 aromatic rings. The summed E-state index contributed by atoms with van der Waals surface area (Å²) in [6, 6.07) is 5.91. The molecule has 0 N–H and O–H groups in total. The molecule has 0 saturated carbocycles. The van der Waals surface area contributed by atoms with E-state index in [4.69, 9.17) is 4.74 Å². The molecule has 11 heteroatoms. The Morgan fingerprint density at radius 1 is 1.36 bits per heavy atom. The molecule has 1 aromatic carbocycles. The van der Waals surface area contributed by atoms with Gasteiger partial charge >= 0.3 is 5.97 Å². The second kappa shape index (κ2) is 7.35. The van der Waals surface area contributed by atoms with Crippen molar-refractivity contribution in [1.82, 2.24) is 34.6 Å². The molecule has 0 aliphatic rings. The predicted molar refractivity (Wildman–Crippen MR) is 99.8 cm³/mol. The van der Waals surface area contributed by atoms with Gasteiger partial charge in [-0.15, -0.1) is 21.9 Å². The van der Waals surface area contributed by atoms with Crippen molar-refractivity contribution in [2.24, 2.45) is 0 Å². The van der Waals surface area contributed by atoms with Crippen LogP contribution in [0.5, 0.6) is 0 Å². The van der Waals surface area contributed by atoms with Crippen LogP contribution in [0.15, 0.2) is 42.1 Å². The average molecular weight is 399 g/mol. The second-order valence-corrected chi connectivity index (χ2v) is 6.66. The van der Waals surface area contributed by atoms with Gasteiger partial charge in [-0.05, 0) is 18.2 Å². The molecule has 0 aliphatic heterocycles. The van der Waals surface area contributed by atoms with Gasteiger partial charge in [0, 0.05) is 5.75 Å². The summed E-state index contributed by atoms with van der Waals surface area (Å²) in [5.74, 6) is -0.00557. The maximum absolute atomic E-state index is 13.8. The van der Waals surface area contributed by atoms with Crippen molar-refractivity contribution < 1.29 is 13.9 Å². The van der Waals surface area contributed by atoms with Gasteiger partial charge in [-0.2, -0.15) is 14.6 Å². The standard InChI is InChI=1S/C17H14FN7O2S/c1-3-7-28-17-19-16-21-20-14-12(9-13(26)27-2)22-24(15(14)25(16)23-17)11-6-4-5-10(18)8-11/h3-6,8H,1,7,9H2,2H3. The van der Waals surface area contributed by atoms with E-state index in [1.165, 1.54) is 40.2 Å². The summed E-state index contributed by atoms with van der Waals surface area (Å²) in [5.41, 5.74) is 1.57. The lowest BCUT2D eigenvalue weighted by molar-refractivity contribution is -0.139. The number of nitrogens with zero attached hydrogens (tertiary/aromatic N) is 7. The molecule has 142 valence electrons. The lowest BCUT2D eigenvalue weighted by Gasteiger charge is -2.03. The second-order valence-electron chi connectivity index (χ2n) is 5.67. The highest BCUT2D eigenvalue weighted by Gasteiger charge is 2.21. The number of hydrogen-bond donors (Lipinski definition) is 0. The molecule has 0 atom stereocenters. The van der Waals surface area contributed by atoms with Crippen LogP contribution < -0.4 is 0 Å². The number of hydrogen-bond acceptors (Lipinski definition) is 8. The zero-order valence-electron chi connectivity index (χ0n) is 14.7. The molecule has 9 nitrogen and oxygen atoms in total. The first-order chi connectivity index (χ1) is 13.6. The molecule has 0 bridgehead atoms. The van der Waals surface area contributed by atoms with Crippen molar-refractivity contribution in [2.45, 2.75) is 11.6 Å². The summed E-state index contributed by atoms with van der Waals surface area (Å²) in [5, 5.41) is 17.6. The van der Waals surface area contributed by atoms with Gasteiger partial charge in [0.15, 0.2) is 11.2 Å². The van der Waals surface area contributed by atoms with Crippen LogP contribution in [-0.2, 0) is 16.0 Å². The quantitative estimate of drug-likeness (QED) is 0.276. The molecular formula is C17H14FN7O2S. The lowest BCUT2D eigenvalue weighted by Crippen LogP contribution is -2.06. The number of ether oxygens (including phenoxy) is 1. The van der Waals surface area contributed by atoms with E-state index in [0.29, 0.717) is 33.5 Å². The minimum absolute atomic E-state index is 0.109. The Kier molecular flexibility index (Phi) is 4.74. The highest BCUT2D eigenvalue weighted by molar-refractivity contribution is 7.99. The number of carbonyl (C=O) groups is 1.